The molecule has 10 heteroatoms. The van der Waals surface area contributed by atoms with Gasteiger partial charge in [-0.15, -0.1) is 12.4 Å². The van der Waals surface area contributed by atoms with Crippen LogP contribution in [0.25, 0.3) is 0 Å². The number of nitrogens with zero attached hydrogens (tertiary/aromatic N) is 2. The summed E-state index contributed by atoms with van der Waals surface area (Å²) in [5.74, 6) is 0.721. The zero-order valence-electron chi connectivity index (χ0n) is 20.3. The van der Waals surface area contributed by atoms with Crippen LogP contribution in [0.15, 0.2) is 76.7 Å². The Hall–Kier alpha value is -3.88. The van der Waals surface area contributed by atoms with Crippen LogP contribution in [0, 0.1) is 0 Å². The van der Waals surface area contributed by atoms with Crippen LogP contribution in [-0.4, -0.2) is 51.7 Å². The molecule has 0 unspecified atom stereocenters. The van der Waals surface area contributed by atoms with Crippen molar-refractivity contribution in [1.82, 2.24) is 10.6 Å². The van der Waals surface area contributed by atoms with E-state index in [9.17, 15) is 9.59 Å². The van der Waals surface area contributed by atoms with E-state index in [1.54, 1.807) is 52.5 Å². The summed E-state index contributed by atoms with van der Waals surface area (Å²) in [6.07, 6.45) is 0. The maximum Gasteiger partial charge on any atom is 0.255 e. The first-order valence-electron chi connectivity index (χ1n) is 10.8. The summed E-state index contributed by atoms with van der Waals surface area (Å²) in [6.45, 7) is 0. The summed E-state index contributed by atoms with van der Waals surface area (Å²) in [7, 11) is 6.98. The van der Waals surface area contributed by atoms with E-state index in [1.807, 2.05) is 24.3 Å². The molecule has 8 nitrogen and oxygen atoms in total. The third-order valence-corrected chi connectivity index (χ3v) is 5.39. The minimum atomic E-state index is -0.380. The molecule has 0 radical (unpaired) electrons. The summed E-state index contributed by atoms with van der Waals surface area (Å²) < 4.78 is 0. The van der Waals surface area contributed by atoms with E-state index in [4.69, 9.17) is 11.6 Å². The molecular weight excluding hydrogens is 499 g/mol. The molecule has 4 N–H and O–H groups in total. The fraction of sp³-hybridized carbons (Fsp3) is 0.154. The fourth-order valence-corrected chi connectivity index (χ4v) is 3.69. The van der Waals surface area contributed by atoms with E-state index in [-0.39, 0.29) is 40.4 Å². The predicted octanol–water partition coefficient (Wildman–Crippen LogP) is 4.46. The van der Waals surface area contributed by atoms with E-state index in [0.717, 1.165) is 22.8 Å². The molecule has 2 amide bonds. The molecule has 0 aliphatic heterocycles. The minimum absolute atomic E-state index is 0. The van der Waals surface area contributed by atoms with Gasteiger partial charge in [0.2, 0.25) is 0 Å². The molecule has 0 heterocycles. The summed E-state index contributed by atoms with van der Waals surface area (Å²) in [6, 6.07) is 19.0. The maximum absolute atomic E-state index is 12.8. The molecule has 0 aliphatic rings. The summed E-state index contributed by atoms with van der Waals surface area (Å²) in [5.41, 5.74) is 3.54. The number of hydrogen-bond acceptors (Lipinski definition) is 4. The first-order chi connectivity index (χ1) is 16.9. The average Bonchev–Trinajstić information content (AvgIpc) is 2.87. The fourth-order valence-electron chi connectivity index (χ4n) is 3.45. The summed E-state index contributed by atoms with van der Waals surface area (Å²) >= 11 is 6.22. The molecule has 0 bridgehead atoms. The summed E-state index contributed by atoms with van der Waals surface area (Å²) in [4.78, 5) is 34.0. The van der Waals surface area contributed by atoms with Gasteiger partial charge in [-0.3, -0.25) is 19.6 Å². The maximum atomic E-state index is 12.8. The molecular formula is C26H28Cl2N6O2. The molecule has 0 saturated heterocycles. The Labute approximate surface area is 221 Å². The molecule has 3 aromatic carbocycles. The van der Waals surface area contributed by atoms with E-state index >= 15 is 0 Å². The van der Waals surface area contributed by atoms with E-state index < -0.39 is 0 Å². The van der Waals surface area contributed by atoms with E-state index in [1.165, 1.54) is 18.2 Å². The Morgan fingerprint density at radius 1 is 0.639 bits per heavy atom. The highest BCUT2D eigenvalue weighted by Crippen LogP contribution is 2.19. The van der Waals surface area contributed by atoms with E-state index in [2.05, 4.69) is 31.3 Å². The molecule has 0 spiro atoms. The van der Waals surface area contributed by atoms with Gasteiger partial charge in [-0.2, -0.15) is 0 Å². The van der Waals surface area contributed by atoms with Gasteiger partial charge in [0.1, 0.15) is 11.7 Å². The second kappa shape index (κ2) is 13.3. The number of aliphatic imine (C=N–C) groups is 2. The highest BCUT2D eigenvalue weighted by Gasteiger charge is 2.14. The zero-order valence-corrected chi connectivity index (χ0v) is 21.9. The van der Waals surface area contributed by atoms with Crippen LogP contribution in [0.4, 0.5) is 11.4 Å². The van der Waals surface area contributed by atoms with Crippen molar-refractivity contribution < 1.29 is 9.59 Å². The molecule has 0 saturated carbocycles. The van der Waals surface area contributed by atoms with Crippen molar-refractivity contribution in [2.24, 2.45) is 9.98 Å². The van der Waals surface area contributed by atoms with Crippen LogP contribution < -0.4 is 21.3 Å². The van der Waals surface area contributed by atoms with Gasteiger partial charge in [0, 0.05) is 66.8 Å². The van der Waals surface area contributed by atoms with Gasteiger partial charge in [-0.05, 0) is 66.7 Å². The molecule has 0 aromatic heterocycles. The van der Waals surface area contributed by atoms with Crippen LogP contribution in [0.2, 0.25) is 5.02 Å². The molecule has 3 aromatic rings. The molecule has 0 aliphatic carbocycles. The quantitative estimate of drug-likeness (QED) is 0.281. The van der Waals surface area contributed by atoms with Gasteiger partial charge in [-0.1, -0.05) is 11.6 Å². The van der Waals surface area contributed by atoms with Gasteiger partial charge in [0.05, 0.1) is 0 Å². The zero-order chi connectivity index (χ0) is 25.4. The number of hydrogen-bond donors (Lipinski definition) is 4. The number of amidine groups is 2. The Kier molecular flexibility index (Phi) is 10.5. The Morgan fingerprint density at radius 2 is 1.00 bits per heavy atom. The second-order valence-corrected chi connectivity index (χ2v) is 7.87. The molecule has 3 rings (SSSR count). The lowest BCUT2D eigenvalue weighted by Gasteiger charge is -2.11. The van der Waals surface area contributed by atoms with Crippen LogP contribution in [0.1, 0.15) is 31.8 Å². The summed E-state index contributed by atoms with van der Waals surface area (Å²) in [5, 5.41) is 11.9. The molecule has 0 atom stereocenters. The monoisotopic (exact) mass is 526 g/mol. The number of benzene rings is 3. The van der Waals surface area contributed by atoms with Crippen LogP contribution in [-0.2, 0) is 0 Å². The first-order valence-corrected chi connectivity index (χ1v) is 11.2. The Morgan fingerprint density at radius 3 is 1.31 bits per heavy atom. The molecule has 36 heavy (non-hydrogen) atoms. The number of nitrogens with one attached hydrogen (secondary N) is 4. The van der Waals surface area contributed by atoms with Crippen molar-refractivity contribution >= 4 is 58.9 Å². The van der Waals surface area contributed by atoms with Crippen molar-refractivity contribution in [1.29, 1.82) is 0 Å². The lowest BCUT2D eigenvalue weighted by Crippen LogP contribution is -2.19. The third-order valence-electron chi connectivity index (χ3n) is 5.18. The SMILES string of the molecule is CN=C(NC)c1ccc(NC(=O)c2cc(Cl)cc(C(=O)Nc3ccc(C(=NC)NC)cc3)c2)cc1.Cl. The van der Waals surface area contributed by atoms with Gasteiger partial charge < -0.3 is 21.3 Å². The van der Waals surface area contributed by atoms with Crippen LogP contribution in [0.5, 0.6) is 0 Å². The van der Waals surface area contributed by atoms with Gasteiger partial charge in [0.15, 0.2) is 0 Å². The minimum Gasteiger partial charge on any atom is -0.373 e. The highest BCUT2D eigenvalue weighted by molar-refractivity contribution is 6.31. The van der Waals surface area contributed by atoms with Crippen LogP contribution in [0.3, 0.4) is 0 Å². The molecule has 188 valence electrons. The van der Waals surface area contributed by atoms with Crippen molar-refractivity contribution in [3.05, 3.63) is 94.0 Å². The number of anilines is 2. The van der Waals surface area contributed by atoms with Crippen LogP contribution >= 0.6 is 24.0 Å². The number of carbonyl (C=O) groups is 2. The molecule has 0 fully saturated rings. The van der Waals surface area contributed by atoms with Crippen molar-refractivity contribution in [2.45, 2.75) is 0 Å². The van der Waals surface area contributed by atoms with Crippen molar-refractivity contribution in [3.8, 4) is 0 Å². The van der Waals surface area contributed by atoms with Gasteiger partial charge >= 0.3 is 0 Å². The number of halogens is 2. The third kappa shape index (κ3) is 7.07. The standard InChI is InChI=1S/C26H27ClN6O2.ClH/c1-28-23(29-2)16-5-9-21(10-6-16)32-25(34)18-13-19(15-20(27)14-18)26(35)33-22-11-7-17(8-12-22)24(30-3)31-4;/h5-15H,1-4H3,(H,28,29)(H,30,31)(H,32,34)(H,33,35);1H. The first kappa shape index (κ1) is 28.4. The number of amides is 2. The highest BCUT2D eigenvalue weighted by atomic mass is 35.5. The lowest BCUT2D eigenvalue weighted by atomic mass is 10.1. The van der Waals surface area contributed by atoms with Gasteiger partial charge in [-0.25, -0.2) is 0 Å². The van der Waals surface area contributed by atoms with Gasteiger partial charge in [0.25, 0.3) is 11.8 Å². The predicted molar refractivity (Wildman–Crippen MR) is 151 cm³/mol. The number of rotatable bonds is 6. The second-order valence-electron chi connectivity index (χ2n) is 7.44. The lowest BCUT2D eigenvalue weighted by molar-refractivity contribution is 0.102. The van der Waals surface area contributed by atoms with Crippen molar-refractivity contribution in [2.75, 3.05) is 38.8 Å². The topological polar surface area (TPSA) is 107 Å². The Bertz CT molecular complexity index is 1180. The normalized spacial score (nSPS) is 11.2. The number of carbonyl (C=O) groups excluding carboxylic acids is 2. The smallest absolute Gasteiger partial charge is 0.255 e. The van der Waals surface area contributed by atoms with Crippen molar-refractivity contribution in [3.63, 3.8) is 0 Å². The Balaban J connectivity index is 0.00000456. The van der Waals surface area contributed by atoms with E-state index in [0.29, 0.717) is 11.4 Å². The largest absolute Gasteiger partial charge is 0.373 e. The average molecular weight is 527 g/mol.